The van der Waals surface area contributed by atoms with E-state index in [-0.39, 0.29) is 0 Å². The number of carbonyl (C=O) groups is 1. The van der Waals surface area contributed by atoms with Crippen LogP contribution in [0.15, 0.2) is 42.5 Å². The van der Waals surface area contributed by atoms with Gasteiger partial charge in [0.1, 0.15) is 0 Å². The fourth-order valence-corrected chi connectivity index (χ4v) is 2.04. The molecule has 0 heterocycles. The molecule has 1 N–H and O–H groups in total. The van der Waals surface area contributed by atoms with Crippen LogP contribution in [-0.4, -0.2) is 12.7 Å². The van der Waals surface area contributed by atoms with Gasteiger partial charge in [-0.1, -0.05) is 35.4 Å². The Kier molecular flexibility index (Phi) is 4.64. The molecule has 2 rings (SSSR count). The Morgan fingerprint density at radius 3 is 2.55 bits per heavy atom. The summed E-state index contributed by atoms with van der Waals surface area (Å²) in [4.78, 5) is 11.6. The van der Waals surface area contributed by atoms with Crippen LogP contribution in [-0.2, 0) is 4.74 Å². The molecule has 2 aromatic rings. The van der Waals surface area contributed by atoms with Gasteiger partial charge in [-0.3, -0.25) is 5.32 Å². The Morgan fingerprint density at radius 1 is 1.20 bits per heavy atom. The van der Waals surface area contributed by atoms with Crippen molar-refractivity contribution < 1.29 is 9.53 Å². The number of hydrogen-bond donors (Lipinski definition) is 1. The quantitative estimate of drug-likeness (QED) is 0.874. The van der Waals surface area contributed by atoms with Gasteiger partial charge in [-0.05, 0) is 43.7 Å². The predicted octanol–water partition coefficient (Wildman–Crippen LogP) is 4.88. The van der Waals surface area contributed by atoms with Gasteiger partial charge in [-0.2, -0.15) is 0 Å². The summed E-state index contributed by atoms with van der Waals surface area (Å²) in [5, 5.41) is 3.44. The lowest BCUT2D eigenvalue weighted by Crippen LogP contribution is -2.14. The first kappa shape index (κ1) is 14.4. The minimum atomic E-state index is -0.452. The van der Waals surface area contributed by atoms with Crippen molar-refractivity contribution in [3.8, 4) is 11.1 Å². The lowest BCUT2D eigenvalue weighted by Gasteiger charge is -2.12. The van der Waals surface area contributed by atoms with Crippen LogP contribution in [0.2, 0.25) is 5.02 Å². The molecule has 0 saturated carbocycles. The maximum atomic E-state index is 11.6. The Balaban J connectivity index is 2.37. The molecule has 104 valence electrons. The van der Waals surface area contributed by atoms with E-state index in [0.717, 1.165) is 22.4 Å². The van der Waals surface area contributed by atoms with E-state index in [4.69, 9.17) is 16.3 Å². The molecule has 0 aromatic heterocycles. The number of halogens is 1. The smallest absolute Gasteiger partial charge is 0.411 e. The van der Waals surface area contributed by atoms with Crippen molar-refractivity contribution in [3.05, 3.63) is 53.1 Å². The molecular weight excluding hydrogens is 274 g/mol. The molecule has 0 fully saturated rings. The van der Waals surface area contributed by atoms with Gasteiger partial charge in [0.05, 0.1) is 12.3 Å². The van der Waals surface area contributed by atoms with E-state index in [9.17, 15) is 4.79 Å². The minimum Gasteiger partial charge on any atom is -0.450 e. The molecule has 0 atom stereocenters. The molecule has 0 saturated heterocycles. The number of carbonyl (C=O) groups excluding carboxylic acids is 1. The van der Waals surface area contributed by atoms with E-state index in [1.165, 1.54) is 0 Å². The van der Waals surface area contributed by atoms with Gasteiger partial charge in [0, 0.05) is 10.6 Å². The molecule has 0 aliphatic rings. The number of benzene rings is 2. The van der Waals surface area contributed by atoms with Gasteiger partial charge in [-0.15, -0.1) is 0 Å². The minimum absolute atomic E-state index is 0.341. The lowest BCUT2D eigenvalue weighted by molar-refractivity contribution is 0.168. The van der Waals surface area contributed by atoms with Gasteiger partial charge >= 0.3 is 6.09 Å². The Bertz CT molecular complexity index is 608. The summed E-state index contributed by atoms with van der Waals surface area (Å²) in [6.07, 6.45) is -0.452. The largest absolute Gasteiger partial charge is 0.450 e. The summed E-state index contributed by atoms with van der Waals surface area (Å²) >= 11 is 5.91. The molecule has 2 aromatic carbocycles. The van der Waals surface area contributed by atoms with Crippen LogP contribution in [0, 0.1) is 6.92 Å². The monoisotopic (exact) mass is 289 g/mol. The third-order valence-electron chi connectivity index (χ3n) is 2.84. The third-order valence-corrected chi connectivity index (χ3v) is 3.09. The fourth-order valence-electron chi connectivity index (χ4n) is 1.91. The Morgan fingerprint density at radius 2 is 1.90 bits per heavy atom. The van der Waals surface area contributed by atoms with Crippen LogP contribution in [0.5, 0.6) is 0 Å². The van der Waals surface area contributed by atoms with Gasteiger partial charge in [-0.25, -0.2) is 4.79 Å². The van der Waals surface area contributed by atoms with E-state index < -0.39 is 6.09 Å². The van der Waals surface area contributed by atoms with Crippen LogP contribution >= 0.6 is 11.6 Å². The number of aryl methyl sites for hydroxylation is 1. The van der Waals surface area contributed by atoms with E-state index in [1.54, 1.807) is 6.92 Å². The first-order valence-electron chi connectivity index (χ1n) is 6.40. The molecule has 20 heavy (non-hydrogen) atoms. The first-order chi connectivity index (χ1) is 9.60. The van der Waals surface area contributed by atoms with E-state index in [2.05, 4.69) is 5.32 Å². The topological polar surface area (TPSA) is 38.3 Å². The lowest BCUT2D eigenvalue weighted by atomic mass is 10.0. The van der Waals surface area contributed by atoms with Crippen molar-refractivity contribution >= 4 is 23.4 Å². The normalized spacial score (nSPS) is 10.2. The summed E-state index contributed by atoms with van der Waals surface area (Å²) < 4.78 is 4.91. The molecule has 4 heteroatoms. The number of hydrogen-bond acceptors (Lipinski definition) is 2. The third kappa shape index (κ3) is 3.52. The highest BCUT2D eigenvalue weighted by Crippen LogP contribution is 2.30. The SMILES string of the molecule is CCOC(=O)Nc1ccc(C)cc1-c1ccc(Cl)cc1. The van der Waals surface area contributed by atoms with Crippen molar-refractivity contribution in [1.29, 1.82) is 0 Å². The average molecular weight is 290 g/mol. The number of ether oxygens (including phenoxy) is 1. The Labute approximate surface area is 123 Å². The molecule has 0 aliphatic carbocycles. The highest BCUT2D eigenvalue weighted by molar-refractivity contribution is 6.30. The number of anilines is 1. The van der Waals surface area contributed by atoms with Crippen molar-refractivity contribution in [1.82, 2.24) is 0 Å². The highest BCUT2D eigenvalue weighted by Gasteiger charge is 2.09. The van der Waals surface area contributed by atoms with Crippen LogP contribution < -0.4 is 5.32 Å². The van der Waals surface area contributed by atoms with Crippen molar-refractivity contribution in [2.45, 2.75) is 13.8 Å². The number of rotatable bonds is 3. The molecule has 0 unspecified atom stereocenters. The molecular formula is C16H16ClNO2. The van der Waals surface area contributed by atoms with Crippen LogP contribution in [0.3, 0.4) is 0 Å². The molecule has 0 radical (unpaired) electrons. The zero-order valence-electron chi connectivity index (χ0n) is 11.4. The van der Waals surface area contributed by atoms with E-state index in [1.807, 2.05) is 49.4 Å². The maximum absolute atomic E-state index is 11.6. The predicted molar refractivity (Wildman–Crippen MR) is 82.3 cm³/mol. The zero-order chi connectivity index (χ0) is 14.5. The van der Waals surface area contributed by atoms with E-state index in [0.29, 0.717) is 11.6 Å². The van der Waals surface area contributed by atoms with Gasteiger partial charge < -0.3 is 4.74 Å². The molecule has 3 nitrogen and oxygen atoms in total. The van der Waals surface area contributed by atoms with Crippen molar-refractivity contribution in [2.75, 3.05) is 11.9 Å². The van der Waals surface area contributed by atoms with Crippen LogP contribution in [0.1, 0.15) is 12.5 Å². The van der Waals surface area contributed by atoms with Crippen LogP contribution in [0.25, 0.3) is 11.1 Å². The van der Waals surface area contributed by atoms with Gasteiger partial charge in [0.25, 0.3) is 0 Å². The summed E-state index contributed by atoms with van der Waals surface area (Å²) in [5.74, 6) is 0. The molecule has 0 bridgehead atoms. The summed E-state index contributed by atoms with van der Waals surface area (Å²) in [6, 6.07) is 13.3. The molecule has 0 aliphatic heterocycles. The zero-order valence-corrected chi connectivity index (χ0v) is 12.2. The fraction of sp³-hybridized carbons (Fsp3) is 0.188. The number of nitrogens with one attached hydrogen (secondary N) is 1. The summed E-state index contributed by atoms with van der Waals surface area (Å²) in [6.45, 7) is 4.12. The second kappa shape index (κ2) is 6.44. The maximum Gasteiger partial charge on any atom is 0.411 e. The second-order valence-corrected chi connectivity index (χ2v) is 4.84. The summed E-state index contributed by atoms with van der Waals surface area (Å²) in [7, 11) is 0. The van der Waals surface area contributed by atoms with Crippen molar-refractivity contribution in [3.63, 3.8) is 0 Å². The number of amides is 1. The highest BCUT2D eigenvalue weighted by atomic mass is 35.5. The second-order valence-electron chi connectivity index (χ2n) is 4.40. The molecule has 0 spiro atoms. The Hall–Kier alpha value is -2.00. The first-order valence-corrected chi connectivity index (χ1v) is 6.78. The standard InChI is InChI=1S/C16H16ClNO2/c1-3-20-16(19)18-15-9-4-11(2)10-14(15)12-5-7-13(17)8-6-12/h4-10H,3H2,1-2H3,(H,18,19). The van der Waals surface area contributed by atoms with Gasteiger partial charge in [0.15, 0.2) is 0 Å². The average Bonchev–Trinajstić information content (AvgIpc) is 2.42. The summed E-state index contributed by atoms with van der Waals surface area (Å²) in [5.41, 5.74) is 3.76. The van der Waals surface area contributed by atoms with Gasteiger partial charge in [0.2, 0.25) is 0 Å². The van der Waals surface area contributed by atoms with E-state index >= 15 is 0 Å². The molecule has 1 amide bonds. The van der Waals surface area contributed by atoms with Crippen molar-refractivity contribution in [2.24, 2.45) is 0 Å². The van der Waals surface area contributed by atoms with Crippen LogP contribution in [0.4, 0.5) is 10.5 Å².